The predicted molar refractivity (Wildman–Crippen MR) is 91.1 cm³/mol. The zero-order valence-electron chi connectivity index (χ0n) is 14.7. The first-order chi connectivity index (χ1) is 11.3. The summed E-state index contributed by atoms with van der Waals surface area (Å²) in [6.45, 7) is 5.24. The fourth-order valence-electron chi connectivity index (χ4n) is 3.18. The highest BCUT2D eigenvalue weighted by atomic mass is 16.6. The Morgan fingerprint density at radius 3 is 2.58 bits per heavy atom. The molecule has 1 aromatic rings. The molecule has 1 amide bonds. The first-order valence-electron chi connectivity index (χ1n) is 8.64. The normalized spacial score (nSPS) is 17.3. The maximum Gasteiger partial charge on any atom is 0.408 e. The third-order valence-corrected chi connectivity index (χ3v) is 4.24. The lowest BCUT2D eigenvalue weighted by Crippen LogP contribution is -2.45. The molecule has 1 saturated carbocycles. The molecule has 0 radical (unpaired) electrons. The van der Waals surface area contributed by atoms with Crippen LogP contribution in [0.3, 0.4) is 0 Å². The van der Waals surface area contributed by atoms with E-state index in [1.54, 1.807) is 20.8 Å². The highest BCUT2D eigenvalue weighted by Gasteiger charge is 2.26. The van der Waals surface area contributed by atoms with Crippen molar-refractivity contribution >= 4 is 12.1 Å². The summed E-state index contributed by atoms with van der Waals surface area (Å²) in [5, 5.41) is 11.9. The van der Waals surface area contributed by atoms with Crippen LogP contribution in [0, 0.1) is 0 Å². The van der Waals surface area contributed by atoms with Gasteiger partial charge >= 0.3 is 12.1 Å². The zero-order valence-corrected chi connectivity index (χ0v) is 14.7. The van der Waals surface area contributed by atoms with Crippen LogP contribution in [0.4, 0.5) is 4.79 Å². The van der Waals surface area contributed by atoms with Gasteiger partial charge in [0.25, 0.3) is 0 Å². The van der Waals surface area contributed by atoms with Crippen molar-refractivity contribution in [3.63, 3.8) is 0 Å². The van der Waals surface area contributed by atoms with Crippen molar-refractivity contribution in [1.29, 1.82) is 0 Å². The molecule has 0 spiro atoms. The molecular weight excluding hydrogens is 308 g/mol. The number of amides is 1. The van der Waals surface area contributed by atoms with Gasteiger partial charge in [0.2, 0.25) is 0 Å². The number of ether oxygens (including phenoxy) is 1. The van der Waals surface area contributed by atoms with E-state index in [9.17, 15) is 14.7 Å². The molecule has 0 bridgehead atoms. The summed E-state index contributed by atoms with van der Waals surface area (Å²) in [7, 11) is 0. The summed E-state index contributed by atoms with van der Waals surface area (Å²) >= 11 is 0. The van der Waals surface area contributed by atoms with Gasteiger partial charge in [0.1, 0.15) is 11.6 Å². The number of rotatable bonds is 5. The van der Waals surface area contributed by atoms with Crippen molar-refractivity contribution in [2.75, 3.05) is 0 Å². The van der Waals surface area contributed by atoms with Crippen molar-refractivity contribution in [1.82, 2.24) is 9.88 Å². The number of alkyl carbamates (subject to hydrolysis) is 1. The van der Waals surface area contributed by atoms with E-state index in [1.165, 1.54) is 19.3 Å². The second-order valence-corrected chi connectivity index (χ2v) is 7.44. The Morgan fingerprint density at radius 2 is 2.00 bits per heavy atom. The van der Waals surface area contributed by atoms with Crippen LogP contribution in [0.15, 0.2) is 18.3 Å². The van der Waals surface area contributed by atoms with Crippen LogP contribution in [0.5, 0.6) is 0 Å². The maximum atomic E-state index is 11.9. The highest BCUT2D eigenvalue weighted by Crippen LogP contribution is 2.29. The molecule has 1 aromatic heterocycles. The Labute approximate surface area is 143 Å². The topological polar surface area (TPSA) is 80.6 Å². The number of carbonyl (C=O) groups excluding carboxylic acids is 1. The smallest absolute Gasteiger partial charge is 0.408 e. The molecule has 6 heteroatoms. The van der Waals surface area contributed by atoms with Gasteiger partial charge in [-0.25, -0.2) is 9.59 Å². The van der Waals surface area contributed by atoms with E-state index in [2.05, 4.69) is 9.88 Å². The summed E-state index contributed by atoms with van der Waals surface area (Å²) in [5.41, 5.74) is 0.278. The Hall–Kier alpha value is -1.98. The molecule has 0 aromatic carbocycles. The van der Waals surface area contributed by atoms with Gasteiger partial charge in [0.05, 0.1) is 0 Å². The van der Waals surface area contributed by atoms with Crippen molar-refractivity contribution in [3.8, 4) is 0 Å². The van der Waals surface area contributed by atoms with Crippen LogP contribution in [0.25, 0.3) is 0 Å². The van der Waals surface area contributed by atoms with E-state index in [1.807, 2.05) is 18.3 Å². The number of hydrogen-bond donors (Lipinski definition) is 2. The number of carbonyl (C=O) groups is 2. The molecule has 1 fully saturated rings. The van der Waals surface area contributed by atoms with Crippen LogP contribution in [0.1, 0.15) is 64.6 Å². The van der Waals surface area contributed by atoms with Gasteiger partial charge in [0.15, 0.2) is 0 Å². The summed E-state index contributed by atoms with van der Waals surface area (Å²) < 4.78 is 7.34. The molecule has 1 unspecified atom stereocenters. The van der Waals surface area contributed by atoms with Crippen LogP contribution < -0.4 is 5.32 Å². The van der Waals surface area contributed by atoms with Crippen LogP contribution in [0.2, 0.25) is 0 Å². The third-order valence-electron chi connectivity index (χ3n) is 4.24. The van der Waals surface area contributed by atoms with Crippen LogP contribution >= 0.6 is 0 Å². The average Bonchev–Trinajstić information content (AvgIpc) is 2.93. The van der Waals surface area contributed by atoms with Gasteiger partial charge < -0.3 is 19.7 Å². The Bertz CT molecular complexity index is 568. The monoisotopic (exact) mass is 336 g/mol. The Balaban J connectivity index is 2.04. The van der Waals surface area contributed by atoms with Gasteiger partial charge in [0, 0.05) is 24.4 Å². The minimum Gasteiger partial charge on any atom is -0.480 e. The molecule has 2 rings (SSSR count). The maximum absolute atomic E-state index is 11.9. The zero-order chi connectivity index (χ0) is 17.7. The van der Waals surface area contributed by atoms with Crippen LogP contribution in [-0.4, -0.2) is 33.4 Å². The predicted octanol–water partition coefficient (Wildman–Crippen LogP) is 3.51. The van der Waals surface area contributed by atoms with E-state index in [-0.39, 0.29) is 6.42 Å². The largest absolute Gasteiger partial charge is 0.480 e. The first-order valence-corrected chi connectivity index (χ1v) is 8.64. The molecule has 1 atom stereocenters. The van der Waals surface area contributed by atoms with E-state index < -0.39 is 23.7 Å². The number of hydrogen-bond acceptors (Lipinski definition) is 3. The summed E-state index contributed by atoms with van der Waals surface area (Å²) in [6, 6.07) is 3.30. The van der Waals surface area contributed by atoms with Gasteiger partial charge in [-0.05, 0) is 45.7 Å². The van der Waals surface area contributed by atoms with Gasteiger partial charge in [-0.15, -0.1) is 0 Å². The molecule has 6 nitrogen and oxygen atoms in total. The second-order valence-electron chi connectivity index (χ2n) is 7.44. The number of carboxylic acids is 1. The second kappa shape index (κ2) is 7.73. The average molecular weight is 336 g/mol. The molecule has 134 valence electrons. The fourth-order valence-corrected chi connectivity index (χ4v) is 3.18. The van der Waals surface area contributed by atoms with Crippen molar-refractivity contribution in [2.45, 2.75) is 77.0 Å². The fraction of sp³-hybridized carbons (Fsp3) is 0.667. The lowest BCUT2D eigenvalue weighted by atomic mass is 9.95. The van der Waals surface area contributed by atoms with Gasteiger partial charge in [-0.3, -0.25) is 0 Å². The summed E-state index contributed by atoms with van der Waals surface area (Å²) in [5.74, 6) is -1.06. The van der Waals surface area contributed by atoms with E-state index in [0.29, 0.717) is 6.04 Å². The van der Waals surface area contributed by atoms with E-state index in [0.717, 1.165) is 18.5 Å². The molecule has 1 heterocycles. The van der Waals surface area contributed by atoms with Crippen molar-refractivity contribution in [3.05, 3.63) is 24.0 Å². The number of carboxylic acid groups (broad SMARTS) is 1. The molecule has 1 aliphatic carbocycles. The lowest BCUT2D eigenvalue weighted by Gasteiger charge is -2.27. The highest BCUT2D eigenvalue weighted by molar-refractivity contribution is 5.80. The molecule has 24 heavy (non-hydrogen) atoms. The van der Waals surface area contributed by atoms with Gasteiger partial charge in [-0.2, -0.15) is 0 Å². The molecule has 0 aliphatic heterocycles. The first kappa shape index (κ1) is 18.4. The Morgan fingerprint density at radius 1 is 1.33 bits per heavy atom. The number of aromatic nitrogens is 1. The van der Waals surface area contributed by atoms with Crippen molar-refractivity contribution < 1.29 is 19.4 Å². The quantitative estimate of drug-likeness (QED) is 0.862. The SMILES string of the molecule is CC(C)(C)OC(=O)NC(Cc1cccn1C1CCCCC1)C(=O)O. The summed E-state index contributed by atoms with van der Waals surface area (Å²) in [6.07, 6.45) is 7.49. The number of nitrogens with zero attached hydrogens (tertiary/aromatic N) is 1. The molecule has 1 aliphatic rings. The van der Waals surface area contributed by atoms with Crippen molar-refractivity contribution in [2.24, 2.45) is 0 Å². The van der Waals surface area contributed by atoms with Gasteiger partial charge in [-0.1, -0.05) is 19.3 Å². The number of aliphatic carboxylic acids is 1. The summed E-state index contributed by atoms with van der Waals surface area (Å²) in [4.78, 5) is 23.4. The van der Waals surface area contributed by atoms with Crippen LogP contribution in [-0.2, 0) is 16.0 Å². The standard InChI is InChI=1S/C18H28N2O4/c1-18(2,3)24-17(23)19-15(16(21)22)12-14-10-7-11-20(14)13-8-5-4-6-9-13/h7,10-11,13,15H,4-6,8-9,12H2,1-3H3,(H,19,23)(H,21,22). The molecule has 2 N–H and O–H groups in total. The Kier molecular flexibility index (Phi) is 5.91. The number of nitrogens with one attached hydrogen (secondary N) is 1. The molecule has 0 saturated heterocycles. The minimum atomic E-state index is -1.06. The third kappa shape index (κ3) is 5.28. The minimum absolute atomic E-state index is 0.248. The van der Waals surface area contributed by atoms with E-state index in [4.69, 9.17) is 4.74 Å². The molecular formula is C18H28N2O4. The lowest BCUT2D eigenvalue weighted by molar-refractivity contribution is -0.139. The van der Waals surface area contributed by atoms with E-state index >= 15 is 0 Å².